The topological polar surface area (TPSA) is 104 Å². The van der Waals surface area contributed by atoms with Gasteiger partial charge in [0, 0.05) is 25.2 Å². The zero-order valence-electron chi connectivity index (χ0n) is 17.4. The lowest BCUT2D eigenvalue weighted by molar-refractivity contribution is -0.116. The lowest BCUT2D eigenvalue weighted by Crippen LogP contribution is -2.42. The zero-order chi connectivity index (χ0) is 21.7. The van der Waals surface area contributed by atoms with E-state index >= 15 is 0 Å². The average Bonchev–Trinajstić information content (AvgIpc) is 3.16. The van der Waals surface area contributed by atoms with Gasteiger partial charge in [-0.05, 0) is 37.3 Å². The maximum Gasteiger partial charge on any atom is 0.332 e. The first-order valence-electron chi connectivity index (χ1n) is 10.3. The largest absolute Gasteiger partial charge is 0.332 e. The minimum absolute atomic E-state index is 0.279. The summed E-state index contributed by atoms with van der Waals surface area (Å²) in [6.07, 6.45) is 5.30. The maximum atomic E-state index is 13.0. The highest BCUT2D eigenvalue weighted by Crippen LogP contribution is 2.33. The second kappa shape index (κ2) is 7.19. The van der Waals surface area contributed by atoms with Crippen molar-refractivity contribution in [1.29, 1.82) is 0 Å². The third kappa shape index (κ3) is 3.04. The van der Waals surface area contributed by atoms with Gasteiger partial charge >= 0.3 is 5.69 Å². The predicted octanol–water partition coefficient (Wildman–Crippen LogP) is 1.50. The van der Waals surface area contributed by atoms with Gasteiger partial charge in [-0.1, -0.05) is 18.2 Å². The molecule has 0 saturated heterocycles. The van der Waals surface area contributed by atoms with Crippen molar-refractivity contribution in [3.8, 4) is 0 Å². The number of imidazole rings is 1. The molecule has 0 bridgehead atoms. The molecule has 1 amide bonds. The Balaban J connectivity index is 1.57. The van der Waals surface area contributed by atoms with Gasteiger partial charge in [0.15, 0.2) is 11.2 Å². The van der Waals surface area contributed by atoms with E-state index in [0.29, 0.717) is 5.65 Å². The van der Waals surface area contributed by atoms with Crippen molar-refractivity contribution in [3.63, 3.8) is 0 Å². The van der Waals surface area contributed by atoms with Gasteiger partial charge in [-0.15, -0.1) is 0 Å². The van der Waals surface area contributed by atoms with Gasteiger partial charge in [-0.2, -0.15) is 0 Å². The van der Waals surface area contributed by atoms with Crippen LogP contribution in [0.4, 0.5) is 5.69 Å². The van der Waals surface area contributed by atoms with Crippen molar-refractivity contribution in [2.45, 2.75) is 32.2 Å². The lowest BCUT2D eigenvalue weighted by atomic mass is 9.92. The molecule has 1 aliphatic rings. The van der Waals surface area contributed by atoms with E-state index < -0.39 is 17.2 Å². The number of aromatic nitrogens is 5. The summed E-state index contributed by atoms with van der Waals surface area (Å²) in [6, 6.07) is 7.68. The molecule has 3 aromatic heterocycles. The average molecular weight is 418 g/mol. The Labute approximate surface area is 177 Å². The molecule has 0 fully saturated rings. The molecule has 4 aromatic rings. The number of benzene rings is 1. The van der Waals surface area contributed by atoms with Gasteiger partial charge in [0.25, 0.3) is 5.56 Å². The molecule has 9 heteroatoms. The van der Waals surface area contributed by atoms with E-state index in [-0.39, 0.29) is 12.1 Å². The molecule has 158 valence electrons. The molecule has 0 aliphatic heterocycles. The van der Waals surface area contributed by atoms with Crippen LogP contribution in [0.1, 0.15) is 24.1 Å². The second-order valence-corrected chi connectivity index (χ2v) is 7.95. The number of pyridine rings is 1. The Morgan fingerprint density at radius 2 is 1.90 bits per heavy atom. The highest BCUT2D eigenvalue weighted by Gasteiger charge is 2.21. The number of aryl methyl sites for hydroxylation is 3. The summed E-state index contributed by atoms with van der Waals surface area (Å²) in [6.45, 7) is -0.377. The lowest BCUT2D eigenvalue weighted by Gasteiger charge is -2.21. The van der Waals surface area contributed by atoms with Crippen LogP contribution in [0.2, 0.25) is 0 Å². The molecule has 0 atom stereocenters. The summed E-state index contributed by atoms with van der Waals surface area (Å²) < 4.78 is 3.79. The third-order valence-electron chi connectivity index (χ3n) is 5.94. The number of carbonyl (C=O) groups excluding carboxylic acids is 1. The number of fused-ring (bicyclic) bond motifs is 3. The van der Waals surface area contributed by atoms with Gasteiger partial charge in [0.05, 0.1) is 17.5 Å². The molecular formula is C22H22N6O3. The molecule has 0 radical (unpaired) electrons. The number of nitrogens with one attached hydrogen (secondary N) is 1. The van der Waals surface area contributed by atoms with Crippen LogP contribution >= 0.6 is 0 Å². The molecule has 1 N–H and O–H groups in total. The number of carbonyl (C=O) groups is 1. The maximum absolute atomic E-state index is 13.0. The van der Waals surface area contributed by atoms with E-state index in [0.717, 1.165) is 58.1 Å². The van der Waals surface area contributed by atoms with Crippen LogP contribution in [0, 0.1) is 0 Å². The smallest absolute Gasteiger partial charge is 0.328 e. The Morgan fingerprint density at radius 3 is 2.74 bits per heavy atom. The first-order valence-corrected chi connectivity index (χ1v) is 10.3. The summed E-state index contributed by atoms with van der Waals surface area (Å²) in [5.74, 6) is -0.426. The number of para-hydroxylation sites is 1. The summed E-state index contributed by atoms with van der Waals surface area (Å²) >= 11 is 0. The van der Waals surface area contributed by atoms with Crippen LogP contribution in [-0.2, 0) is 38.3 Å². The fourth-order valence-corrected chi connectivity index (χ4v) is 4.37. The van der Waals surface area contributed by atoms with Crippen LogP contribution in [-0.4, -0.2) is 29.6 Å². The molecule has 1 aromatic carbocycles. The third-order valence-corrected chi connectivity index (χ3v) is 5.94. The van der Waals surface area contributed by atoms with Crippen molar-refractivity contribution in [2.24, 2.45) is 14.1 Å². The molecule has 0 saturated carbocycles. The molecule has 0 unspecified atom stereocenters. The van der Waals surface area contributed by atoms with Gasteiger partial charge in [-0.3, -0.25) is 19.1 Å². The SMILES string of the molecule is Cn1cnc2c1c(=O)n(CC(=O)Nc1c3c(nc4ccccc14)CCCC3)c(=O)n2C. The standard InChI is InChI=1S/C22H22N6O3/c1-26-12-23-20-19(26)21(30)28(22(31)27(20)2)11-17(29)25-18-13-7-3-5-9-15(13)24-16-10-6-4-8-14(16)18/h3,5,7,9,12H,4,6,8,10-11H2,1-2H3,(H,24,25,29). The van der Waals surface area contributed by atoms with Crippen molar-refractivity contribution in [1.82, 2.24) is 23.7 Å². The van der Waals surface area contributed by atoms with E-state index in [1.165, 1.54) is 17.9 Å². The van der Waals surface area contributed by atoms with E-state index in [1.54, 1.807) is 11.6 Å². The molecular weight excluding hydrogens is 396 g/mol. The van der Waals surface area contributed by atoms with Crippen molar-refractivity contribution in [3.05, 3.63) is 62.7 Å². The van der Waals surface area contributed by atoms with E-state index in [9.17, 15) is 14.4 Å². The summed E-state index contributed by atoms with van der Waals surface area (Å²) in [7, 11) is 3.22. The monoisotopic (exact) mass is 418 g/mol. The van der Waals surface area contributed by atoms with Crippen molar-refractivity contribution in [2.75, 3.05) is 5.32 Å². The molecule has 3 heterocycles. The second-order valence-electron chi connectivity index (χ2n) is 7.95. The Hall–Kier alpha value is -3.75. The highest BCUT2D eigenvalue weighted by atomic mass is 16.2. The number of rotatable bonds is 3. The number of hydrogen-bond donors (Lipinski definition) is 1. The fraction of sp³-hybridized carbons (Fsp3) is 0.318. The van der Waals surface area contributed by atoms with E-state index in [1.807, 2.05) is 24.3 Å². The normalized spacial score (nSPS) is 13.5. The molecule has 1 aliphatic carbocycles. The Morgan fingerprint density at radius 1 is 1.13 bits per heavy atom. The van der Waals surface area contributed by atoms with Gasteiger partial charge < -0.3 is 9.88 Å². The van der Waals surface area contributed by atoms with Crippen LogP contribution in [0.15, 0.2) is 40.2 Å². The molecule has 9 nitrogen and oxygen atoms in total. The first-order chi connectivity index (χ1) is 15.0. The molecule has 31 heavy (non-hydrogen) atoms. The zero-order valence-corrected chi connectivity index (χ0v) is 17.4. The summed E-state index contributed by atoms with van der Waals surface area (Å²) in [5.41, 5.74) is 3.07. The van der Waals surface area contributed by atoms with Gasteiger partial charge in [0.1, 0.15) is 6.54 Å². The number of amides is 1. The molecule has 5 rings (SSSR count). The fourth-order valence-electron chi connectivity index (χ4n) is 4.37. The highest BCUT2D eigenvalue weighted by molar-refractivity contribution is 6.02. The van der Waals surface area contributed by atoms with Crippen LogP contribution in [0.3, 0.4) is 0 Å². The van der Waals surface area contributed by atoms with Gasteiger partial charge in [-0.25, -0.2) is 14.3 Å². The minimum Gasteiger partial charge on any atom is -0.328 e. The summed E-state index contributed by atoms with van der Waals surface area (Å²) in [4.78, 5) is 47.6. The number of anilines is 1. The van der Waals surface area contributed by atoms with Crippen LogP contribution in [0.5, 0.6) is 0 Å². The number of hydrogen-bond acceptors (Lipinski definition) is 5. The van der Waals surface area contributed by atoms with Gasteiger partial charge in [0.2, 0.25) is 5.91 Å². The predicted molar refractivity (Wildman–Crippen MR) is 117 cm³/mol. The number of nitrogens with zero attached hydrogens (tertiary/aromatic N) is 5. The van der Waals surface area contributed by atoms with E-state index in [2.05, 4.69) is 10.3 Å². The first kappa shape index (κ1) is 19.2. The quantitative estimate of drug-likeness (QED) is 0.543. The van der Waals surface area contributed by atoms with Crippen LogP contribution in [0.25, 0.3) is 22.1 Å². The van der Waals surface area contributed by atoms with E-state index in [4.69, 9.17) is 4.98 Å². The minimum atomic E-state index is -0.576. The van der Waals surface area contributed by atoms with Crippen LogP contribution < -0.4 is 16.6 Å². The Bertz CT molecular complexity index is 1480. The summed E-state index contributed by atoms with van der Waals surface area (Å²) in [5, 5.41) is 3.84. The Kier molecular flexibility index (Phi) is 4.46. The van der Waals surface area contributed by atoms with Crippen molar-refractivity contribution >= 4 is 33.7 Å². The van der Waals surface area contributed by atoms with Crippen molar-refractivity contribution < 1.29 is 4.79 Å². The molecule has 0 spiro atoms.